The molecule has 1 amide bonds. The topological polar surface area (TPSA) is 29.1 Å². The lowest BCUT2D eigenvalue weighted by molar-refractivity contribution is -0.121. The molecule has 3 aromatic carbocycles. The standard InChI is InChI=1S/C23H25NO/c1-3-18-11-13-19(14-12-18)17(2)24-23(25)16-15-21-9-6-8-20-7-4-5-10-22(20)21/h4-14,17H,3,15-16H2,1-2H3,(H,24,25)/t17-/m1/s1. The second-order valence-electron chi connectivity index (χ2n) is 6.52. The number of aryl methyl sites for hydroxylation is 2. The summed E-state index contributed by atoms with van der Waals surface area (Å²) in [5.74, 6) is 0.0972. The first-order chi connectivity index (χ1) is 12.2. The van der Waals surface area contributed by atoms with Gasteiger partial charge in [0.15, 0.2) is 0 Å². The van der Waals surface area contributed by atoms with Gasteiger partial charge in [-0.25, -0.2) is 0 Å². The molecule has 0 heterocycles. The van der Waals surface area contributed by atoms with E-state index < -0.39 is 0 Å². The number of amides is 1. The van der Waals surface area contributed by atoms with Crippen LogP contribution in [0, 0.1) is 0 Å². The molecular weight excluding hydrogens is 306 g/mol. The van der Waals surface area contributed by atoms with Crippen LogP contribution in [0.1, 0.15) is 43.0 Å². The molecule has 0 saturated carbocycles. The largest absolute Gasteiger partial charge is 0.350 e. The Hall–Kier alpha value is -2.61. The van der Waals surface area contributed by atoms with E-state index in [1.165, 1.54) is 21.9 Å². The first kappa shape index (κ1) is 17.2. The molecule has 0 fully saturated rings. The zero-order valence-corrected chi connectivity index (χ0v) is 15.0. The van der Waals surface area contributed by atoms with Gasteiger partial charge in [-0.15, -0.1) is 0 Å². The Labute approximate surface area is 149 Å². The van der Waals surface area contributed by atoms with Crippen molar-refractivity contribution in [3.63, 3.8) is 0 Å². The summed E-state index contributed by atoms with van der Waals surface area (Å²) in [6.45, 7) is 4.18. The van der Waals surface area contributed by atoms with E-state index in [4.69, 9.17) is 0 Å². The van der Waals surface area contributed by atoms with E-state index in [-0.39, 0.29) is 11.9 Å². The van der Waals surface area contributed by atoms with Crippen LogP contribution in [-0.4, -0.2) is 5.91 Å². The number of nitrogens with one attached hydrogen (secondary N) is 1. The second-order valence-corrected chi connectivity index (χ2v) is 6.52. The van der Waals surface area contributed by atoms with Crippen LogP contribution in [0.5, 0.6) is 0 Å². The molecule has 1 atom stereocenters. The zero-order valence-electron chi connectivity index (χ0n) is 15.0. The highest BCUT2D eigenvalue weighted by atomic mass is 16.1. The van der Waals surface area contributed by atoms with Crippen molar-refractivity contribution in [3.05, 3.63) is 83.4 Å². The number of hydrogen-bond acceptors (Lipinski definition) is 1. The third kappa shape index (κ3) is 4.27. The fourth-order valence-corrected chi connectivity index (χ4v) is 3.20. The van der Waals surface area contributed by atoms with Gasteiger partial charge in [0.2, 0.25) is 5.91 Å². The van der Waals surface area contributed by atoms with E-state index in [9.17, 15) is 4.79 Å². The second kappa shape index (κ2) is 7.98. The molecule has 128 valence electrons. The summed E-state index contributed by atoms with van der Waals surface area (Å²) in [7, 11) is 0. The quantitative estimate of drug-likeness (QED) is 0.660. The highest BCUT2D eigenvalue weighted by molar-refractivity contribution is 5.86. The van der Waals surface area contributed by atoms with Crippen molar-refractivity contribution >= 4 is 16.7 Å². The van der Waals surface area contributed by atoms with Gasteiger partial charge >= 0.3 is 0 Å². The van der Waals surface area contributed by atoms with Crippen molar-refractivity contribution in [2.24, 2.45) is 0 Å². The van der Waals surface area contributed by atoms with Gasteiger partial charge in [0.25, 0.3) is 0 Å². The lowest BCUT2D eigenvalue weighted by atomic mass is 10.0. The first-order valence-corrected chi connectivity index (χ1v) is 9.02. The van der Waals surface area contributed by atoms with E-state index in [0.717, 1.165) is 18.4 Å². The van der Waals surface area contributed by atoms with Crippen LogP contribution >= 0.6 is 0 Å². The molecule has 2 nitrogen and oxygen atoms in total. The number of fused-ring (bicyclic) bond motifs is 1. The monoisotopic (exact) mass is 331 g/mol. The van der Waals surface area contributed by atoms with Crippen molar-refractivity contribution in [3.8, 4) is 0 Å². The average Bonchev–Trinajstić information content (AvgIpc) is 2.66. The highest BCUT2D eigenvalue weighted by Gasteiger charge is 2.10. The van der Waals surface area contributed by atoms with Crippen LogP contribution in [0.25, 0.3) is 10.8 Å². The molecule has 25 heavy (non-hydrogen) atoms. The fourth-order valence-electron chi connectivity index (χ4n) is 3.20. The van der Waals surface area contributed by atoms with Gasteiger partial charge < -0.3 is 5.32 Å². The van der Waals surface area contributed by atoms with Crippen LogP contribution in [0.15, 0.2) is 66.7 Å². The Morgan fingerprint density at radius 2 is 1.68 bits per heavy atom. The minimum absolute atomic E-state index is 0.0333. The van der Waals surface area contributed by atoms with Crippen LogP contribution in [-0.2, 0) is 17.6 Å². The average molecular weight is 331 g/mol. The molecule has 0 saturated heterocycles. The van der Waals surface area contributed by atoms with Gasteiger partial charge in [-0.05, 0) is 47.2 Å². The Balaban J connectivity index is 1.60. The van der Waals surface area contributed by atoms with E-state index in [1.807, 2.05) is 19.1 Å². The van der Waals surface area contributed by atoms with Gasteiger partial charge in [0, 0.05) is 6.42 Å². The summed E-state index contributed by atoms with van der Waals surface area (Å²) in [6, 6.07) is 23.1. The molecule has 1 N–H and O–H groups in total. The van der Waals surface area contributed by atoms with Crippen molar-refractivity contribution in [1.29, 1.82) is 0 Å². The number of rotatable bonds is 6. The summed E-state index contributed by atoms with van der Waals surface area (Å²) in [5.41, 5.74) is 3.70. The van der Waals surface area contributed by atoms with Crippen LogP contribution in [0.4, 0.5) is 0 Å². The predicted molar refractivity (Wildman–Crippen MR) is 105 cm³/mol. The summed E-state index contributed by atoms with van der Waals surface area (Å²) in [5, 5.41) is 5.58. The number of carbonyl (C=O) groups excluding carboxylic acids is 1. The minimum Gasteiger partial charge on any atom is -0.350 e. The number of hydrogen-bond donors (Lipinski definition) is 1. The maximum absolute atomic E-state index is 12.3. The van der Waals surface area contributed by atoms with Crippen molar-refractivity contribution in [2.45, 2.75) is 39.2 Å². The smallest absolute Gasteiger partial charge is 0.220 e. The molecule has 0 aliphatic rings. The molecule has 2 heteroatoms. The SMILES string of the molecule is CCc1ccc([C@@H](C)NC(=O)CCc2cccc3ccccc23)cc1. The van der Waals surface area contributed by atoms with E-state index in [2.05, 4.69) is 66.8 Å². The normalized spacial score (nSPS) is 12.1. The Morgan fingerprint density at radius 3 is 2.44 bits per heavy atom. The molecule has 0 radical (unpaired) electrons. The maximum atomic E-state index is 12.3. The first-order valence-electron chi connectivity index (χ1n) is 9.02. The Bertz CT molecular complexity index is 846. The third-order valence-corrected chi connectivity index (χ3v) is 4.77. The molecule has 0 unspecified atom stereocenters. The van der Waals surface area contributed by atoms with Crippen LogP contribution in [0.3, 0.4) is 0 Å². The number of benzene rings is 3. The highest BCUT2D eigenvalue weighted by Crippen LogP contribution is 2.20. The summed E-state index contributed by atoms with van der Waals surface area (Å²) in [4.78, 5) is 12.3. The van der Waals surface area contributed by atoms with E-state index in [1.54, 1.807) is 0 Å². The van der Waals surface area contributed by atoms with Gasteiger partial charge in [-0.3, -0.25) is 4.79 Å². The van der Waals surface area contributed by atoms with Gasteiger partial charge in [-0.2, -0.15) is 0 Å². The Morgan fingerprint density at radius 1 is 0.960 bits per heavy atom. The van der Waals surface area contributed by atoms with Crippen molar-refractivity contribution < 1.29 is 4.79 Å². The molecule has 0 bridgehead atoms. The van der Waals surface area contributed by atoms with Crippen LogP contribution in [0.2, 0.25) is 0 Å². The van der Waals surface area contributed by atoms with Crippen molar-refractivity contribution in [2.75, 3.05) is 0 Å². The number of carbonyl (C=O) groups is 1. The maximum Gasteiger partial charge on any atom is 0.220 e. The third-order valence-electron chi connectivity index (χ3n) is 4.77. The van der Waals surface area contributed by atoms with Gasteiger partial charge in [0.05, 0.1) is 6.04 Å². The van der Waals surface area contributed by atoms with Gasteiger partial charge in [-0.1, -0.05) is 73.7 Å². The van der Waals surface area contributed by atoms with Crippen LogP contribution < -0.4 is 5.32 Å². The Kier molecular flexibility index (Phi) is 5.49. The lowest BCUT2D eigenvalue weighted by Gasteiger charge is -2.15. The molecule has 3 aromatic rings. The van der Waals surface area contributed by atoms with E-state index in [0.29, 0.717) is 6.42 Å². The molecule has 0 aromatic heterocycles. The van der Waals surface area contributed by atoms with E-state index >= 15 is 0 Å². The molecular formula is C23H25NO. The minimum atomic E-state index is 0.0333. The molecule has 0 aliphatic heterocycles. The molecule has 0 spiro atoms. The summed E-state index contributed by atoms with van der Waals surface area (Å²) in [6.07, 6.45) is 2.30. The lowest BCUT2D eigenvalue weighted by Crippen LogP contribution is -2.26. The molecule has 0 aliphatic carbocycles. The summed E-state index contributed by atoms with van der Waals surface area (Å²) >= 11 is 0. The fraction of sp³-hybridized carbons (Fsp3) is 0.261. The van der Waals surface area contributed by atoms with Gasteiger partial charge in [0.1, 0.15) is 0 Å². The van der Waals surface area contributed by atoms with Crippen molar-refractivity contribution in [1.82, 2.24) is 5.32 Å². The molecule has 3 rings (SSSR count). The zero-order chi connectivity index (χ0) is 17.6. The summed E-state index contributed by atoms with van der Waals surface area (Å²) < 4.78 is 0. The predicted octanol–water partition coefficient (Wildman–Crippen LogP) is 5.21.